The third-order valence-electron chi connectivity index (χ3n) is 2.91. The van der Waals surface area contributed by atoms with Gasteiger partial charge in [0, 0.05) is 12.6 Å². The monoisotopic (exact) mass is 231 g/mol. The molecule has 0 aliphatic carbocycles. The summed E-state index contributed by atoms with van der Waals surface area (Å²) >= 11 is 0. The molecular weight excluding hydrogens is 214 g/mol. The number of ether oxygens (including phenoxy) is 1. The normalized spacial score (nSPS) is 10.6. The second kappa shape index (κ2) is 4.13. The highest BCUT2D eigenvalue weighted by atomic mass is 16.5. The lowest BCUT2D eigenvalue weighted by Gasteiger charge is -2.11. The fourth-order valence-corrected chi connectivity index (χ4v) is 2.04. The zero-order chi connectivity index (χ0) is 12.6. The highest BCUT2D eigenvalue weighted by Gasteiger charge is 2.15. The molecule has 0 aliphatic heterocycles. The minimum absolute atomic E-state index is 0.515. The first kappa shape index (κ1) is 11.5. The molecule has 1 heterocycles. The molecule has 1 aromatic carbocycles. The molecular formula is C13H17N3O. The van der Waals surface area contributed by atoms with E-state index < -0.39 is 0 Å². The fraction of sp³-hybridized carbons (Fsp3) is 0.308. The topological polar surface area (TPSA) is 53.1 Å². The van der Waals surface area contributed by atoms with Gasteiger partial charge in [0.1, 0.15) is 5.75 Å². The van der Waals surface area contributed by atoms with Crippen molar-refractivity contribution < 1.29 is 4.74 Å². The number of hydrogen-bond acceptors (Lipinski definition) is 3. The number of nitrogens with two attached hydrogens (primary N) is 1. The Hall–Kier alpha value is -1.97. The van der Waals surface area contributed by atoms with E-state index in [1.165, 1.54) is 5.56 Å². The van der Waals surface area contributed by atoms with Crippen molar-refractivity contribution >= 4 is 5.95 Å². The SMILES string of the molecule is COc1ccc(C)cc1-c1c(C)nc(N)n1C. The Bertz CT molecular complexity index is 558. The Kier molecular flexibility index (Phi) is 2.79. The molecule has 0 radical (unpaired) electrons. The minimum atomic E-state index is 0.515. The van der Waals surface area contributed by atoms with Crippen molar-refractivity contribution in [2.45, 2.75) is 13.8 Å². The van der Waals surface area contributed by atoms with Gasteiger partial charge in [-0.1, -0.05) is 11.6 Å². The number of rotatable bonds is 2. The van der Waals surface area contributed by atoms with Crippen LogP contribution in [0.4, 0.5) is 5.95 Å². The molecule has 17 heavy (non-hydrogen) atoms. The molecule has 0 amide bonds. The fourth-order valence-electron chi connectivity index (χ4n) is 2.04. The Morgan fingerprint density at radius 2 is 2.00 bits per heavy atom. The molecule has 90 valence electrons. The molecule has 0 bridgehead atoms. The van der Waals surface area contributed by atoms with Crippen molar-refractivity contribution in [3.63, 3.8) is 0 Å². The number of aromatic nitrogens is 2. The van der Waals surface area contributed by atoms with Crippen LogP contribution < -0.4 is 10.5 Å². The van der Waals surface area contributed by atoms with Gasteiger partial charge in [-0.2, -0.15) is 0 Å². The molecule has 2 N–H and O–H groups in total. The minimum Gasteiger partial charge on any atom is -0.496 e. The first-order chi connectivity index (χ1) is 8.04. The Morgan fingerprint density at radius 1 is 1.29 bits per heavy atom. The molecule has 0 saturated carbocycles. The zero-order valence-corrected chi connectivity index (χ0v) is 10.6. The number of aryl methyl sites for hydroxylation is 2. The van der Waals surface area contributed by atoms with E-state index >= 15 is 0 Å². The molecule has 4 nitrogen and oxygen atoms in total. The summed E-state index contributed by atoms with van der Waals surface area (Å²) in [5, 5.41) is 0. The average Bonchev–Trinajstić information content (AvgIpc) is 2.53. The quantitative estimate of drug-likeness (QED) is 0.862. The third-order valence-corrected chi connectivity index (χ3v) is 2.91. The molecule has 0 aliphatic rings. The maximum absolute atomic E-state index is 5.82. The van der Waals surface area contributed by atoms with Crippen LogP contribution in [0.15, 0.2) is 18.2 Å². The van der Waals surface area contributed by atoms with Gasteiger partial charge in [0.25, 0.3) is 0 Å². The summed E-state index contributed by atoms with van der Waals surface area (Å²) in [4.78, 5) is 4.28. The van der Waals surface area contributed by atoms with Crippen LogP contribution in [-0.2, 0) is 7.05 Å². The first-order valence-corrected chi connectivity index (χ1v) is 5.48. The molecule has 2 aromatic rings. The zero-order valence-electron chi connectivity index (χ0n) is 10.6. The van der Waals surface area contributed by atoms with Crippen LogP contribution in [-0.4, -0.2) is 16.7 Å². The lowest BCUT2D eigenvalue weighted by molar-refractivity contribution is 0.416. The van der Waals surface area contributed by atoms with E-state index in [2.05, 4.69) is 18.0 Å². The van der Waals surface area contributed by atoms with Crippen LogP contribution in [0.5, 0.6) is 5.75 Å². The van der Waals surface area contributed by atoms with E-state index in [9.17, 15) is 0 Å². The highest BCUT2D eigenvalue weighted by molar-refractivity contribution is 5.71. The largest absolute Gasteiger partial charge is 0.496 e. The van der Waals surface area contributed by atoms with E-state index in [0.29, 0.717) is 5.95 Å². The van der Waals surface area contributed by atoms with Gasteiger partial charge < -0.3 is 15.0 Å². The number of anilines is 1. The predicted octanol–water partition coefficient (Wildman–Crippen LogP) is 2.29. The molecule has 0 atom stereocenters. The standard InChI is InChI=1S/C13H17N3O/c1-8-5-6-11(17-4)10(7-8)12-9(2)15-13(14)16(12)3/h5-7H,1-4H3,(H2,14,15). The van der Waals surface area contributed by atoms with Crippen LogP contribution in [0.1, 0.15) is 11.3 Å². The maximum Gasteiger partial charge on any atom is 0.200 e. The molecule has 4 heteroatoms. The Morgan fingerprint density at radius 3 is 2.53 bits per heavy atom. The van der Waals surface area contributed by atoms with Gasteiger partial charge in [0.15, 0.2) is 0 Å². The van der Waals surface area contributed by atoms with Crippen LogP contribution in [0.25, 0.3) is 11.3 Å². The Balaban J connectivity index is 2.71. The summed E-state index contributed by atoms with van der Waals surface area (Å²) in [7, 11) is 3.58. The summed E-state index contributed by atoms with van der Waals surface area (Å²) in [6, 6.07) is 6.08. The second-order valence-electron chi connectivity index (χ2n) is 4.17. The van der Waals surface area contributed by atoms with Crippen molar-refractivity contribution in [3.05, 3.63) is 29.5 Å². The average molecular weight is 231 g/mol. The second-order valence-corrected chi connectivity index (χ2v) is 4.17. The molecule has 0 spiro atoms. The molecule has 0 fully saturated rings. The summed E-state index contributed by atoms with van der Waals surface area (Å²) in [5.41, 5.74) is 9.94. The van der Waals surface area contributed by atoms with E-state index in [4.69, 9.17) is 10.5 Å². The lowest BCUT2D eigenvalue weighted by Crippen LogP contribution is -2.00. The van der Waals surface area contributed by atoms with Gasteiger partial charge in [-0.25, -0.2) is 4.98 Å². The number of nitrogens with zero attached hydrogens (tertiary/aromatic N) is 2. The van der Waals surface area contributed by atoms with Crippen molar-refractivity contribution in [1.82, 2.24) is 9.55 Å². The van der Waals surface area contributed by atoms with Crippen molar-refractivity contribution in [2.75, 3.05) is 12.8 Å². The number of methoxy groups -OCH3 is 1. The van der Waals surface area contributed by atoms with E-state index in [1.54, 1.807) is 7.11 Å². The summed E-state index contributed by atoms with van der Waals surface area (Å²) < 4.78 is 7.27. The molecule has 0 saturated heterocycles. The van der Waals surface area contributed by atoms with Crippen LogP contribution in [0.2, 0.25) is 0 Å². The first-order valence-electron chi connectivity index (χ1n) is 5.48. The maximum atomic E-state index is 5.82. The van der Waals surface area contributed by atoms with Gasteiger partial charge in [-0.05, 0) is 26.0 Å². The molecule has 2 rings (SSSR count). The van der Waals surface area contributed by atoms with Gasteiger partial charge in [0.05, 0.1) is 18.5 Å². The van der Waals surface area contributed by atoms with Gasteiger partial charge in [0.2, 0.25) is 5.95 Å². The van der Waals surface area contributed by atoms with E-state index in [0.717, 1.165) is 22.7 Å². The number of imidazole rings is 1. The van der Waals surface area contributed by atoms with Gasteiger partial charge in [-0.3, -0.25) is 0 Å². The Labute approximate surface area is 101 Å². The van der Waals surface area contributed by atoms with Crippen LogP contribution in [0.3, 0.4) is 0 Å². The van der Waals surface area contributed by atoms with Gasteiger partial charge in [-0.15, -0.1) is 0 Å². The van der Waals surface area contributed by atoms with Crippen molar-refractivity contribution in [3.8, 4) is 17.0 Å². The third kappa shape index (κ3) is 1.86. The van der Waals surface area contributed by atoms with Crippen LogP contribution in [0, 0.1) is 13.8 Å². The number of benzene rings is 1. The summed E-state index contributed by atoms with van der Waals surface area (Å²) in [6.07, 6.45) is 0. The summed E-state index contributed by atoms with van der Waals surface area (Å²) in [6.45, 7) is 4.01. The number of hydrogen-bond donors (Lipinski definition) is 1. The smallest absolute Gasteiger partial charge is 0.200 e. The van der Waals surface area contributed by atoms with E-state index in [1.807, 2.05) is 30.7 Å². The van der Waals surface area contributed by atoms with Gasteiger partial charge >= 0.3 is 0 Å². The highest BCUT2D eigenvalue weighted by Crippen LogP contribution is 2.33. The van der Waals surface area contributed by atoms with Crippen LogP contribution >= 0.6 is 0 Å². The van der Waals surface area contributed by atoms with Crippen molar-refractivity contribution in [1.29, 1.82) is 0 Å². The summed E-state index contributed by atoms with van der Waals surface area (Å²) in [5.74, 6) is 1.35. The molecule has 1 aromatic heterocycles. The predicted molar refractivity (Wildman–Crippen MR) is 69.1 cm³/mol. The lowest BCUT2D eigenvalue weighted by atomic mass is 10.1. The van der Waals surface area contributed by atoms with Crippen molar-refractivity contribution in [2.24, 2.45) is 7.05 Å². The number of nitrogen functional groups attached to an aromatic ring is 1. The van der Waals surface area contributed by atoms with E-state index in [-0.39, 0.29) is 0 Å². The molecule has 0 unspecified atom stereocenters.